The molecule has 1 aliphatic heterocycles. The largest absolute Gasteiger partial charge is 0.268 e. The van der Waals surface area contributed by atoms with Crippen LogP contribution in [0.5, 0.6) is 0 Å². The molecule has 0 N–H and O–H groups in total. The lowest BCUT2D eigenvalue weighted by Gasteiger charge is -1.86. The first kappa shape index (κ1) is 5.63. The molecule has 0 spiro atoms. The van der Waals surface area contributed by atoms with E-state index < -0.39 is 0 Å². The van der Waals surface area contributed by atoms with Crippen molar-refractivity contribution in [3.63, 3.8) is 0 Å². The van der Waals surface area contributed by atoms with Crippen molar-refractivity contribution in [3.8, 4) is 0 Å². The second-order valence-corrected chi connectivity index (χ2v) is 2.27. The fourth-order valence-electron chi connectivity index (χ4n) is 0.403. The van der Waals surface area contributed by atoms with Gasteiger partial charge in [-0.2, -0.15) is 0 Å². The van der Waals surface area contributed by atoms with Crippen LogP contribution in [0.15, 0.2) is 28.8 Å². The van der Waals surface area contributed by atoms with Crippen molar-refractivity contribution in [2.45, 2.75) is 0 Å². The molecule has 1 rings (SSSR count). The van der Waals surface area contributed by atoms with Crippen LogP contribution in [0.4, 0.5) is 0 Å². The Labute approximate surface area is 53.2 Å². The number of nitrogens with zero attached hydrogens (tertiary/aromatic N) is 1. The fourth-order valence-corrected chi connectivity index (χ4v) is 0.888. The van der Waals surface area contributed by atoms with Crippen LogP contribution in [0, 0.1) is 0 Å². The standard InChI is InChI=1S/C6H7NS/c1-2-5-8-6-4-7-3-1/h1-5H,6H2/b3-1-,5-2-,7-4?. The summed E-state index contributed by atoms with van der Waals surface area (Å²) in [5.41, 5.74) is 0. The predicted molar refractivity (Wildman–Crippen MR) is 39.2 cm³/mol. The Morgan fingerprint density at radius 1 is 1.38 bits per heavy atom. The van der Waals surface area contributed by atoms with Crippen molar-refractivity contribution >= 4 is 18.0 Å². The van der Waals surface area contributed by atoms with Gasteiger partial charge in [0.25, 0.3) is 0 Å². The average Bonchev–Trinajstić information content (AvgIpc) is 1.62. The fraction of sp³-hybridized carbons (Fsp3) is 0.167. The molecule has 0 fully saturated rings. The quantitative estimate of drug-likeness (QED) is 0.481. The van der Waals surface area contributed by atoms with Crippen molar-refractivity contribution in [3.05, 3.63) is 23.8 Å². The van der Waals surface area contributed by atoms with E-state index in [2.05, 4.69) is 10.4 Å². The molecular formula is C6H7NS. The first-order valence-corrected chi connectivity index (χ1v) is 3.50. The molecule has 0 radical (unpaired) electrons. The SMILES string of the molecule is C1=N/C=C\C=C/SC1. The van der Waals surface area contributed by atoms with Crippen molar-refractivity contribution in [2.75, 3.05) is 5.75 Å². The van der Waals surface area contributed by atoms with E-state index in [0.29, 0.717) is 0 Å². The molecule has 42 valence electrons. The minimum atomic E-state index is 0.987. The first-order chi connectivity index (χ1) is 4.00. The topological polar surface area (TPSA) is 12.4 Å². The number of rotatable bonds is 0. The van der Waals surface area contributed by atoms with Crippen LogP contribution in [-0.2, 0) is 0 Å². The van der Waals surface area contributed by atoms with E-state index in [0.717, 1.165) is 5.75 Å². The molecule has 0 bridgehead atoms. The highest BCUT2D eigenvalue weighted by Gasteiger charge is 1.76. The molecule has 0 unspecified atom stereocenters. The molecule has 0 saturated carbocycles. The normalized spacial score (nSPS) is 26.0. The molecule has 0 aromatic heterocycles. The lowest BCUT2D eigenvalue weighted by atomic mass is 10.6. The van der Waals surface area contributed by atoms with E-state index in [1.165, 1.54) is 0 Å². The van der Waals surface area contributed by atoms with Gasteiger partial charge in [0.1, 0.15) is 0 Å². The van der Waals surface area contributed by atoms with Gasteiger partial charge in [0.2, 0.25) is 0 Å². The van der Waals surface area contributed by atoms with Gasteiger partial charge in [-0.15, -0.1) is 11.8 Å². The zero-order valence-corrected chi connectivity index (χ0v) is 5.27. The predicted octanol–water partition coefficient (Wildman–Crippen LogP) is 1.83. The highest BCUT2D eigenvalue weighted by atomic mass is 32.2. The highest BCUT2D eigenvalue weighted by molar-refractivity contribution is 8.02. The Bertz CT molecular complexity index is 119. The van der Waals surface area contributed by atoms with Gasteiger partial charge >= 0.3 is 0 Å². The molecular weight excluding hydrogens is 118 g/mol. The van der Waals surface area contributed by atoms with Crippen LogP contribution in [0.1, 0.15) is 0 Å². The van der Waals surface area contributed by atoms with Crippen molar-refractivity contribution in [1.82, 2.24) is 0 Å². The van der Waals surface area contributed by atoms with Gasteiger partial charge in [0.05, 0.1) is 0 Å². The molecule has 1 heterocycles. The molecule has 0 aromatic carbocycles. The molecule has 0 amide bonds. The van der Waals surface area contributed by atoms with Gasteiger partial charge in [-0.25, -0.2) is 0 Å². The van der Waals surface area contributed by atoms with E-state index in [-0.39, 0.29) is 0 Å². The third kappa shape index (κ3) is 1.98. The molecule has 0 atom stereocenters. The Hall–Kier alpha value is -0.500. The van der Waals surface area contributed by atoms with Gasteiger partial charge in [-0.05, 0) is 11.5 Å². The van der Waals surface area contributed by atoms with Crippen LogP contribution in [0.3, 0.4) is 0 Å². The van der Waals surface area contributed by atoms with Crippen LogP contribution in [0.25, 0.3) is 0 Å². The molecule has 0 aliphatic carbocycles. The summed E-state index contributed by atoms with van der Waals surface area (Å²) in [4.78, 5) is 3.95. The Balaban J connectivity index is 2.51. The summed E-state index contributed by atoms with van der Waals surface area (Å²) in [6.07, 6.45) is 7.59. The van der Waals surface area contributed by atoms with Gasteiger partial charge < -0.3 is 0 Å². The Morgan fingerprint density at radius 2 is 2.38 bits per heavy atom. The second-order valence-electron chi connectivity index (χ2n) is 1.34. The van der Waals surface area contributed by atoms with E-state index in [4.69, 9.17) is 0 Å². The summed E-state index contributed by atoms with van der Waals surface area (Å²) < 4.78 is 0. The van der Waals surface area contributed by atoms with Gasteiger partial charge in [-0.1, -0.05) is 6.08 Å². The zero-order valence-electron chi connectivity index (χ0n) is 4.45. The van der Waals surface area contributed by atoms with Crippen LogP contribution in [0.2, 0.25) is 0 Å². The molecule has 1 nitrogen and oxygen atoms in total. The third-order valence-corrected chi connectivity index (χ3v) is 1.43. The van der Waals surface area contributed by atoms with E-state index >= 15 is 0 Å². The Morgan fingerprint density at radius 3 is 3.38 bits per heavy atom. The van der Waals surface area contributed by atoms with Crippen molar-refractivity contribution in [1.29, 1.82) is 0 Å². The first-order valence-electron chi connectivity index (χ1n) is 2.45. The summed E-state index contributed by atoms with van der Waals surface area (Å²) in [5, 5.41) is 2.06. The smallest absolute Gasteiger partial charge is 0.0329 e. The second kappa shape index (κ2) is 3.50. The minimum absolute atomic E-state index is 0.987. The molecule has 2 heteroatoms. The maximum Gasteiger partial charge on any atom is 0.0329 e. The molecule has 1 aliphatic rings. The van der Waals surface area contributed by atoms with Crippen LogP contribution >= 0.6 is 11.8 Å². The monoisotopic (exact) mass is 125 g/mol. The zero-order chi connectivity index (χ0) is 5.66. The summed E-state index contributed by atoms with van der Waals surface area (Å²) >= 11 is 1.75. The number of hydrogen-bond donors (Lipinski definition) is 0. The van der Waals surface area contributed by atoms with Gasteiger partial charge in [0, 0.05) is 18.2 Å². The molecule has 0 aromatic rings. The summed E-state index contributed by atoms with van der Waals surface area (Å²) in [6.45, 7) is 0. The maximum atomic E-state index is 3.95. The van der Waals surface area contributed by atoms with Crippen LogP contribution in [-0.4, -0.2) is 12.0 Å². The lowest BCUT2D eigenvalue weighted by molar-refractivity contribution is 1.58. The van der Waals surface area contributed by atoms with E-state index in [1.807, 2.05) is 18.4 Å². The van der Waals surface area contributed by atoms with Crippen LogP contribution < -0.4 is 0 Å². The Kier molecular flexibility index (Phi) is 2.46. The average molecular weight is 125 g/mol. The number of hydrogen-bond acceptors (Lipinski definition) is 2. The number of aliphatic imine (C=N–C) groups is 1. The number of thioether (sulfide) groups is 1. The summed E-state index contributed by atoms with van der Waals surface area (Å²) in [7, 11) is 0. The van der Waals surface area contributed by atoms with Gasteiger partial charge in [0.15, 0.2) is 0 Å². The van der Waals surface area contributed by atoms with Crippen molar-refractivity contribution < 1.29 is 0 Å². The minimum Gasteiger partial charge on any atom is -0.268 e. The van der Waals surface area contributed by atoms with E-state index in [1.54, 1.807) is 18.0 Å². The van der Waals surface area contributed by atoms with Gasteiger partial charge in [-0.3, -0.25) is 4.99 Å². The maximum absolute atomic E-state index is 3.95. The third-order valence-electron chi connectivity index (χ3n) is 0.734. The summed E-state index contributed by atoms with van der Waals surface area (Å²) in [5.74, 6) is 0.987. The van der Waals surface area contributed by atoms with Crippen molar-refractivity contribution in [2.24, 2.45) is 4.99 Å². The lowest BCUT2D eigenvalue weighted by Crippen LogP contribution is -1.75. The van der Waals surface area contributed by atoms with E-state index in [9.17, 15) is 0 Å². The molecule has 0 saturated heterocycles. The number of allylic oxidation sites excluding steroid dienone is 2. The highest BCUT2D eigenvalue weighted by Crippen LogP contribution is 2.01. The summed E-state index contributed by atoms with van der Waals surface area (Å²) in [6, 6.07) is 0. The molecule has 8 heavy (non-hydrogen) atoms.